The number of fused-ring (bicyclic) bond motifs is 1. The zero-order valence-electron chi connectivity index (χ0n) is 15.7. The number of para-hydroxylation sites is 1. The van der Waals surface area contributed by atoms with Crippen molar-refractivity contribution >= 4 is 24.0 Å². The van der Waals surface area contributed by atoms with Crippen molar-refractivity contribution in [3.63, 3.8) is 0 Å². The van der Waals surface area contributed by atoms with Gasteiger partial charge in [-0.15, -0.1) is 12.4 Å². The molecule has 0 aromatic heterocycles. The first-order valence-electron chi connectivity index (χ1n) is 9.41. The van der Waals surface area contributed by atoms with E-state index in [9.17, 15) is 4.79 Å². The van der Waals surface area contributed by atoms with Gasteiger partial charge in [0.05, 0.1) is 6.04 Å². The van der Waals surface area contributed by atoms with Gasteiger partial charge in [-0.3, -0.25) is 9.69 Å². The van der Waals surface area contributed by atoms with Crippen molar-refractivity contribution < 1.29 is 4.79 Å². The zero-order valence-corrected chi connectivity index (χ0v) is 16.5. The fraction of sp³-hybridized carbons (Fsp3) is 0.650. The molecule has 0 bridgehead atoms. The van der Waals surface area contributed by atoms with Gasteiger partial charge >= 0.3 is 0 Å². The lowest BCUT2D eigenvalue weighted by Crippen LogP contribution is -2.51. The summed E-state index contributed by atoms with van der Waals surface area (Å²) < 4.78 is 0. The maximum atomic E-state index is 13.1. The summed E-state index contributed by atoms with van der Waals surface area (Å²) in [7, 11) is 2.02. The second-order valence-electron chi connectivity index (χ2n) is 7.44. The van der Waals surface area contributed by atoms with Gasteiger partial charge in [0.25, 0.3) is 0 Å². The number of hydrogen-bond donors (Lipinski definition) is 1. The third-order valence-corrected chi connectivity index (χ3v) is 5.80. The summed E-state index contributed by atoms with van der Waals surface area (Å²) in [6, 6.07) is 8.59. The third kappa shape index (κ3) is 4.36. The van der Waals surface area contributed by atoms with E-state index in [4.69, 9.17) is 0 Å². The standard InChI is InChI=1S/C20H31N3O.ClH/c1-15-14-18-6-4-5-7-19(18)23(15)20(24)16(2)22-12-9-17(10-13-22)8-11-21-3;/h4-7,15-17,21H,8-14H2,1-3H3;1H. The molecule has 1 N–H and O–H groups in total. The van der Waals surface area contributed by atoms with E-state index in [1.807, 2.05) is 18.0 Å². The van der Waals surface area contributed by atoms with E-state index in [-0.39, 0.29) is 30.4 Å². The molecule has 25 heavy (non-hydrogen) atoms. The predicted molar refractivity (Wildman–Crippen MR) is 107 cm³/mol. The number of nitrogens with zero attached hydrogens (tertiary/aromatic N) is 2. The van der Waals surface area contributed by atoms with Crippen LogP contribution in [0.1, 0.15) is 38.7 Å². The quantitative estimate of drug-likeness (QED) is 0.870. The largest absolute Gasteiger partial charge is 0.320 e. The van der Waals surface area contributed by atoms with Crippen LogP contribution < -0.4 is 10.2 Å². The van der Waals surface area contributed by atoms with Crippen LogP contribution in [0.25, 0.3) is 0 Å². The number of likely N-dealkylation sites (tertiary alicyclic amines) is 1. The number of carbonyl (C=O) groups excluding carboxylic acids is 1. The topological polar surface area (TPSA) is 35.6 Å². The van der Waals surface area contributed by atoms with Crippen LogP contribution in [0, 0.1) is 5.92 Å². The normalized spacial score (nSPS) is 22.4. The van der Waals surface area contributed by atoms with Gasteiger partial charge in [-0.05, 0) is 83.8 Å². The SMILES string of the molecule is CNCCC1CCN(C(C)C(=O)N2c3ccccc3CC2C)CC1.Cl. The maximum absolute atomic E-state index is 13.1. The minimum absolute atomic E-state index is 0. The molecule has 2 unspecified atom stereocenters. The minimum atomic E-state index is -0.0242. The van der Waals surface area contributed by atoms with E-state index in [1.165, 1.54) is 24.8 Å². The highest BCUT2D eigenvalue weighted by Crippen LogP contribution is 2.33. The molecule has 2 atom stereocenters. The van der Waals surface area contributed by atoms with Crippen molar-refractivity contribution in [1.29, 1.82) is 0 Å². The van der Waals surface area contributed by atoms with Crippen molar-refractivity contribution in [3.8, 4) is 0 Å². The molecule has 1 aromatic rings. The molecule has 4 nitrogen and oxygen atoms in total. The minimum Gasteiger partial charge on any atom is -0.320 e. The van der Waals surface area contributed by atoms with Crippen molar-refractivity contribution in [2.45, 2.75) is 51.6 Å². The molecule has 0 radical (unpaired) electrons. The Morgan fingerprint density at radius 3 is 2.64 bits per heavy atom. The molecule has 0 aliphatic carbocycles. The van der Waals surface area contributed by atoms with Crippen molar-refractivity contribution in [2.24, 2.45) is 5.92 Å². The lowest BCUT2D eigenvalue weighted by molar-refractivity contribution is -0.124. The predicted octanol–water partition coefficient (Wildman–Crippen LogP) is 3.10. The number of halogens is 1. The molecule has 5 heteroatoms. The molecule has 140 valence electrons. The maximum Gasteiger partial charge on any atom is 0.244 e. The highest BCUT2D eigenvalue weighted by molar-refractivity contribution is 5.99. The van der Waals surface area contributed by atoms with Crippen molar-refractivity contribution in [3.05, 3.63) is 29.8 Å². The summed E-state index contributed by atoms with van der Waals surface area (Å²) in [6.45, 7) is 7.44. The highest BCUT2D eigenvalue weighted by Gasteiger charge is 2.35. The molecule has 1 fully saturated rings. The number of benzene rings is 1. The van der Waals surface area contributed by atoms with E-state index in [0.717, 1.165) is 37.7 Å². The van der Waals surface area contributed by atoms with Gasteiger partial charge in [-0.25, -0.2) is 0 Å². The second-order valence-corrected chi connectivity index (χ2v) is 7.44. The number of amides is 1. The van der Waals surface area contributed by atoms with E-state index in [0.29, 0.717) is 0 Å². The van der Waals surface area contributed by atoms with Gasteiger partial charge in [-0.2, -0.15) is 0 Å². The Bertz CT molecular complexity index is 572. The summed E-state index contributed by atoms with van der Waals surface area (Å²) in [5, 5.41) is 3.24. The van der Waals surface area contributed by atoms with E-state index in [1.54, 1.807) is 0 Å². The molecule has 1 aromatic carbocycles. The molecule has 1 saturated heterocycles. The van der Waals surface area contributed by atoms with Crippen LogP contribution in [0.5, 0.6) is 0 Å². The second kappa shape index (κ2) is 9.02. The summed E-state index contributed by atoms with van der Waals surface area (Å²) in [6.07, 6.45) is 4.65. The van der Waals surface area contributed by atoms with Gasteiger partial charge in [0.1, 0.15) is 0 Å². The van der Waals surface area contributed by atoms with Gasteiger partial charge in [0, 0.05) is 11.7 Å². The molecule has 2 aliphatic heterocycles. The number of nitrogens with one attached hydrogen (secondary N) is 1. The van der Waals surface area contributed by atoms with Crippen LogP contribution in [-0.2, 0) is 11.2 Å². The average molecular weight is 366 g/mol. The highest BCUT2D eigenvalue weighted by atomic mass is 35.5. The Balaban J connectivity index is 0.00000225. The first-order chi connectivity index (χ1) is 11.6. The molecular formula is C20H32ClN3O. The molecule has 1 amide bonds. The van der Waals surface area contributed by atoms with Crippen LogP contribution >= 0.6 is 12.4 Å². The molecular weight excluding hydrogens is 334 g/mol. The first kappa shape index (κ1) is 20.2. The number of anilines is 1. The lowest BCUT2D eigenvalue weighted by atomic mass is 9.92. The molecule has 3 rings (SSSR count). The lowest BCUT2D eigenvalue weighted by Gasteiger charge is -2.37. The summed E-state index contributed by atoms with van der Waals surface area (Å²) >= 11 is 0. The Labute approximate surface area is 158 Å². The third-order valence-electron chi connectivity index (χ3n) is 5.80. The van der Waals surface area contributed by atoms with Crippen LogP contribution in [0.15, 0.2) is 24.3 Å². The van der Waals surface area contributed by atoms with Gasteiger partial charge < -0.3 is 10.2 Å². The number of piperidine rings is 1. The van der Waals surface area contributed by atoms with Crippen LogP contribution in [0.2, 0.25) is 0 Å². The zero-order chi connectivity index (χ0) is 17.1. The summed E-state index contributed by atoms with van der Waals surface area (Å²) in [5.74, 6) is 1.07. The van der Waals surface area contributed by atoms with Crippen molar-refractivity contribution in [2.75, 3.05) is 31.6 Å². The van der Waals surface area contributed by atoms with E-state index < -0.39 is 0 Å². The van der Waals surface area contributed by atoms with Crippen molar-refractivity contribution in [1.82, 2.24) is 10.2 Å². The number of rotatable bonds is 5. The smallest absolute Gasteiger partial charge is 0.244 e. The summed E-state index contributed by atoms with van der Waals surface area (Å²) in [4.78, 5) is 17.6. The van der Waals surface area contributed by atoms with E-state index >= 15 is 0 Å². The number of hydrogen-bond acceptors (Lipinski definition) is 3. The molecule has 2 heterocycles. The van der Waals surface area contributed by atoms with Gasteiger partial charge in [0.2, 0.25) is 5.91 Å². The fourth-order valence-corrected chi connectivity index (χ4v) is 4.24. The molecule has 2 aliphatic rings. The first-order valence-corrected chi connectivity index (χ1v) is 9.41. The Morgan fingerprint density at radius 1 is 1.28 bits per heavy atom. The Morgan fingerprint density at radius 2 is 1.96 bits per heavy atom. The van der Waals surface area contributed by atoms with Crippen LogP contribution in [-0.4, -0.2) is 49.6 Å². The van der Waals surface area contributed by atoms with Gasteiger partial charge in [-0.1, -0.05) is 18.2 Å². The van der Waals surface area contributed by atoms with Crippen LogP contribution in [0.3, 0.4) is 0 Å². The fourth-order valence-electron chi connectivity index (χ4n) is 4.24. The van der Waals surface area contributed by atoms with Gasteiger partial charge in [0.15, 0.2) is 0 Å². The van der Waals surface area contributed by atoms with Crippen LogP contribution in [0.4, 0.5) is 5.69 Å². The average Bonchev–Trinajstić information content (AvgIpc) is 2.95. The monoisotopic (exact) mass is 365 g/mol. The Kier molecular flexibility index (Phi) is 7.29. The molecule has 0 spiro atoms. The number of carbonyl (C=O) groups is 1. The summed E-state index contributed by atoms with van der Waals surface area (Å²) in [5.41, 5.74) is 2.42. The van der Waals surface area contributed by atoms with E-state index in [2.05, 4.69) is 42.3 Å². The molecule has 0 saturated carbocycles. The Hall–Kier alpha value is -1.10.